The third kappa shape index (κ3) is 3.02. The minimum Gasteiger partial charge on any atom is -0.380 e. The Morgan fingerprint density at radius 1 is 1.35 bits per heavy atom. The van der Waals surface area contributed by atoms with Gasteiger partial charge in [0.2, 0.25) is 0 Å². The minimum absolute atomic E-state index is 0.638. The second-order valence-electron chi connectivity index (χ2n) is 5.31. The molecule has 0 fully saturated rings. The zero-order valence-electron chi connectivity index (χ0n) is 12.7. The number of nitrogens with one attached hydrogen (secondary N) is 1. The first-order valence-corrected chi connectivity index (χ1v) is 7.39. The van der Waals surface area contributed by atoms with Crippen LogP contribution in [0.5, 0.6) is 0 Å². The normalized spacial score (nSPS) is 13.4. The Labute approximate surface area is 121 Å². The second kappa shape index (κ2) is 6.58. The maximum absolute atomic E-state index is 9.06. The van der Waals surface area contributed by atoms with E-state index in [4.69, 9.17) is 5.26 Å². The highest BCUT2D eigenvalue weighted by atomic mass is 15.1. The van der Waals surface area contributed by atoms with Gasteiger partial charge in [0.1, 0.15) is 0 Å². The molecule has 3 nitrogen and oxygen atoms in total. The smallest absolute Gasteiger partial charge is 0.0966 e. The van der Waals surface area contributed by atoms with Crippen LogP contribution in [0.1, 0.15) is 37.0 Å². The fraction of sp³-hybridized carbons (Fsp3) is 0.471. The molecule has 20 heavy (non-hydrogen) atoms. The summed E-state index contributed by atoms with van der Waals surface area (Å²) in [4.78, 5) is 2.46. The second-order valence-corrected chi connectivity index (χ2v) is 5.31. The average Bonchev–Trinajstić information content (AvgIpc) is 2.49. The number of hydrogen-bond acceptors (Lipinski definition) is 3. The molecule has 0 radical (unpaired) electrons. The van der Waals surface area contributed by atoms with E-state index in [1.807, 2.05) is 6.08 Å². The molecule has 0 aromatic heterocycles. The maximum Gasteiger partial charge on any atom is 0.0966 e. The van der Waals surface area contributed by atoms with Crippen molar-refractivity contribution in [1.82, 2.24) is 4.90 Å². The Morgan fingerprint density at radius 2 is 2.15 bits per heavy atom. The summed E-state index contributed by atoms with van der Waals surface area (Å²) >= 11 is 0. The van der Waals surface area contributed by atoms with E-state index >= 15 is 0 Å². The summed E-state index contributed by atoms with van der Waals surface area (Å²) in [6, 6.07) is 6.61. The van der Waals surface area contributed by atoms with E-state index < -0.39 is 0 Å². The van der Waals surface area contributed by atoms with Crippen molar-refractivity contribution in [3.05, 3.63) is 34.4 Å². The van der Waals surface area contributed by atoms with Crippen LogP contribution in [-0.2, 0) is 6.54 Å². The third-order valence-electron chi connectivity index (χ3n) is 3.94. The van der Waals surface area contributed by atoms with E-state index in [-0.39, 0.29) is 0 Å². The number of nitrogens with zero attached hydrogens (tertiary/aromatic N) is 2. The predicted octanol–water partition coefficient (Wildman–Crippen LogP) is 3.56. The zero-order chi connectivity index (χ0) is 14.5. The van der Waals surface area contributed by atoms with Gasteiger partial charge < -0.3 is 5.32 Å². The Bertz CT molecular complexity index is 552. The van der Waals surface area contributed by atoms with Gasteiger partial charge in [0, 0.05) is 23.4 Å². The first-order chi connectivity index (χ1) is 9.69. The number of benzene rings is 1. The highest BCUT2D eigenvalue weighted by Crippen LogP contribution is 2.29. The molecule has 0 bridgehead atoms. The monoisotopic (exact) mass is 269 g/mol. The van der Waals surface area contributed by atoms with Gasteiger partial charge in [0.25, 0.3) is 0 Å². The molecule has 0 unspecified atom stereocenters. The summed E-state index contributed by atoms with van der Waals surface area (Å²) < 4.78 is 0. The predicted molar refractivity (Wildman–Crippen MR) is 84.5 cm³/mol. The molecule has 0 saturated heterocycles. The van der Waals surface area contributed by atoms with Crippen LogP contribution in [0.15, 0.2) is 17.7 Å². The quantitative estimate of drug-likeness (QED) is 0.888. The van der Waals surface area contributed by atoms with Crippen molar-refractivity contribution in [1.29, 1.82) is 5.26 Å². The van der Waals surface area contributed by atoms with Crippen LogP contribution < -0.4 is 5.32 Å². The number of fused-ring (bicyclic) bond motifs is 1. The van der Waals surface area contributed by atoms with Gasteiger partial charge >= 0.3 is 0 Å². The minimum atomic E-state index is 0.638. The van der Waals surface area contributed by atoms with Crippen molar-refractivity contribution in [2.45, 2.75) is 33.7 Å². The van der Waals surface area contributed by atoms with Gasteiger partial charge in [0.15, 0.2) is 0 Å². The van der Waals surface area contributed by atoms with Crippen molar-refractivity contribution < 1.29 is 0 Å². The van der Waals surface area contributed by atoms with Crippen molar-refractivity contribution >= 4 is 11.8 Å². The topological polar surface area (TPSA) is 39.1 Å². The molecule has 1 heterocycles. The number of nitriles is 1. The molecule has 1 aromatic carbocycles. The van der Waals surface area contributed by atoms with Crippen molar-refractivity contribution in [3.8, 4) is 6.07 Å². The van der Waals surface area contributed by atoms with Crippen molar-refractivity contribution in [2.75, 3.05) is 25.0 Å². The van der Waals surface area contributed by atoms with Gasteiger partial charge in [-0.25, -0.2) is 0 Å². The van der Waals surface area contributed by atoms with Crippen LogP contribution in [0.3, 0.4) is 0 Å². The Hall–Kier alpha value is -1.79. The number of anilines is 1. The van der Waals surface area contributed by atoms with E-state index in [2.05, 4.69) is 49.2 Å². The highest BCUT2D eigenvalue weighted by Gasteiger charge is 2.14. The van der Waals surface area contributed by atoms with Crippen LogP contribution in [0.25, 0.3) is 6.08 Å². The molecular weight excluding hydrogens is 246 g/mol. The highest BCUT2D eigenvalue weighted by molar-refractivity contribution is 5.77. The number of hydrogen-bond donors (Lipinski definition) is 1. The lowest BCUT2D eigenvalue weighted by Crippen LogP contribution is -2.24. The fourth-order valence-electron chi connectivity index (χ4n) is 2.68. The molecule has 0 amide bonds. The SMILES string of the molecule is CCCN(CC)Cc1ccc2c(c1C)C=C(C#N)CN2. The molecule has 0 saturated carbocycles. The molecular formula is C17H23N3. The summed E-state index contributed by atoms with van der Waals surface area (Å²) in [7, 11) is 0. The third-order valence-corrected chi connectivity index (χ3v) is 3.94. The summed E-state index contributed by atoms with van der Waals surface area (Å²) in [6.07, 6.45) is 3.21. The first-order valence-electron chi connectivity index (χ1n) is 7.39. The van der Waals surface area contributed by atoms with E-state index in [0.29, 0.717) is 6.54 Å². The lowest BCUT2D eigenvalue weighted by Gasteiger charge is -2.24. The molecule has 3 heteroatoms. The van der Waals surface area contributed by atoms with Crippen LogP contribution >= 0.6 is 0 Å². The van der Waals surface area contributed by atoms with Crippen molar-refractivity contribution in [3.63, 3.8) is 0 Å². The largest absolute Gasteiger partial charge is 0.380 e. The van der Waals surface area contributed by atoms with Crippen LogP contribution in [0.4, 0.5) is 5.69 Å². The van der Waals surface area contributed by atoms with Gasteiger partial charge in [-0.15, -0.1) is 0 Å². The lowest BCUT2D eigenvalue weighted by molar-refractivity contribution is 0.280. The first kappa shape index (κ1) is 14.6. The van der Waals surface area contributed by atoms with Gasteiger partial charge in [0.05, 0.1) is 12.6 Å². The molecule has 1 aliphatic heterocycles. The van der Waals surface area contributed by atoms with Crippen molar-refractivity contribution in [2.24, 2.45) is 0 Å². The van der Waals surface area contributed by atoms with E-state index in [0.717, 1.165) is 30.9 Å². The van der Waals surface area contributed by atoms with Crippen LogP contribution in [0.2, 0.25) is 0 Å². The molecule has 2 rings (SSSR count). The van der Waals surface area contributed by atoms with Crippen LogP contribution in [0, 0.1) is 18.3 Å². The molecule has 1 N–H and O–H groups in total. The summed E-state index contributed by atoms with van der Waals surface area (Å²) in [5, 5.41) is 12.4. The molecule has 0 spiro atoms. The Kier molecular flexibility index (Phi) is 4.81. The summed E-state index contributed by atoms with van der Waals surface area (Å²) in [5.74, 6) is 0. The summed E-state index contributed by atoms with van der Waals surface area (Å²) in [6.45, 7) is 10.4. The molecule has 0 aliphatic carbocycles. The van der Waals surface area contributed by atoms with Gasteiger partial charge in [-0.2, -0.15) is 5.26 Å². The summed E-state index contributed by atoms with van der Waals surface area (Å²) in [5.41, 5.74) is 5.77. The standard InChI is InChI=1S/C17H23N3/c1-4-8-20(5-2)12-15-6-7-17-16(13(15)3)9-14(10-18)11-19-17/h6-7,9,19H,4-5,8,11-12H2,1-3H3. The van der Waals surface area contributed by atoms with Crippen LogP contribution in [-0.4, -0.2) is 24.5 Å². The van der Waals surface area contributed by atoms with E-state index in [1.165, 1.54) is 23.1 Å². The molecule has 0 atom stereocenters. The Morgan fingerprint density at radius 3 is 2.80 bits per heavy atom. The maximum atomic E-state index is 9.06. The zero-order valence-corrected chi connectivity index (χ0v) is 12.7. The van der Waals surface area contributed by atoms with E-state index in [1.54, 1.807) is 0 Å². The molecule has 1 aliphatic rings. The van der Waals surface area contributed by atoms with Gasteiger partial charge in [-0.3, -0.25) is 4.90 Å². The average molecular weight is 269 g/mol. The fourth-order valence-corrected chi connectivity index (χ4v) is 2.68. The van der Waals surface area contributed by atoms with Gasteiger partial charge in [-0.05, 0) is 49.7 Å². The van der Waals surface area contributed by atoms with E-state index in [9.17, 15) is 0 Å². The molecule has 1 aromatic rings. The lowest BCUT2D eigenvalue weighted by atomic mass is 9.96. The van der Waals surface area contributed by atoms with Gasteiger partial charge in [-0.1, -0.05) is 19.9 Å². The molecule has 106 valence electrons. The Balaban J connectivity index is 2.30. The number of rotatable bonds is 5.